The fraction of sp³-hybridized carbons (Fsp3) is 0.467. The van der Waals surface area contributed by atoms with Gasteiger partial charge in [0.05, 0.1) is 16.8 Å². The summed E-state index contributed by atoms with van der Waals surface area (Å²) < 4.78 is 0. The van der Waals surface area contributed by atoms with Crippen LogP contribution in [0.25, 0.3) is 0 Å². The molecule has 0 amide bonds. The lowest BCUT2D eigenvalue weighted by Gasteiger charge is -2.27. The van der Waals surface area contributed by atoms with E-state index in [0.29, 0.717) is 11.3 Å². The SMILES string of the molecule is CCCN(CCC)c1c(C)cc(C(=O)O)cc1C(=O)O. The lowest BCUT2D eigenvalue weighted by atomic mass is 10.0. The predicted octanol–water partition coefficient (Wildman–Crippen LogP) is 3.02. The Balaban J connectivity index is 3.42. The van der Waals surface area contributed by atoms with Crippen LogP contribution in [0.4, 0.5) is 5.69 Å². The molecule has 0 aromatic heterocycles. The lowest BCUT2D eigenvalue weighted by molar-refractivity contribution is 0.0696. The maximum absolute atomic E-state index is 11.4. The summed E-state index contributed by atoms with van der Waals surface area (Å²) in [5, 5.41) is 18.4. The predicted molar refractivity (Wildman–Crippen MR) is 77.9 cm³/mol. The summed E-state index contributed by atoms with van der Waals surface area (Å²) in [6.07, 6.45) is 1.80. The first-order valence-corrected chi connectivity index (χ1v) is 6.78. The van der Waals surface area contributed by atoms with Gasteiger partial charge >= 0.3 is 11.9 Å². The summed E-state index contributed by atoms with van der Waals surface area (Å²) in [7, 11) is 0. The number of carboxylic acid groups (broad SMARTS) is 2. The summed E-state index contributed by atoms with van der Waals surface area (Å²) >= 11 is 0. The molecule has 0 saturated heterocycles. The summed E-state index contributed by atoms with van der Waals surface area (Å²) in [5.74, 6) is -2.21. The number of anilines is 1. The topological polar surface area (TPSA) is 77.8 Å². The van der Waals surface area contributed by atoms with Gasteiger partial charge in [-0.3, -0.25) is 0 Å². The molecule has 0 aliphatic heterocycles. The number of carboxylic acids is 2. The number of rotatable bonds is 7. The minimum atomic E-state index is -1.11. The van der Waals surface area contributed by atoms with Crippen molar-refractivity contribution in [3.8, 4) is 0 Å². The number of aromatic carboxylic acids is 2. The first-order valence-electron chi connectivity index (χ1n) is 6.78. The van der Waals surface area contributed by atoms with E-state index in [0.717, 1.165) is 25.9 Å². The van der Waals surface area contributed by atoms with E-state index in [9.17, 15) is 14.7 Å². The average molecular weight is 279 g/mol. The van der Waals surface area contributed by atoms with Crippen LogP contribution in [0.1, 0.15) is 53.0 Å². The third-order valence-electron chi connectivity index (χ3n) is 3.08. The molecule has 0 aliphatic rings. The number of nitrogens with zero attached hydrogens (tertiary/aromatic N) is 1. The highest BCUT2D eigenvalue weighted by Crippen LogP contribution is 2.28. The Morgan fingerprint density at radius 2 is 1.60 bits per heavy atom. The zero-order valence-electron chi connectivity index (χ0n) is 12.1. The summed E-state index contributed by atoms with van der Waals surface area (Å²) in [6, 6.07) is 2.77. The number of aryl methyl sites for hydroxylation is 1. The van der Waals surface area contributed by atoms with Crippen molar-refractivity contribution in [2.45, 2.75) is 33.6 Å². The molecule has 110 valence electrons. The number of hydrogen-bond acceptors (Lipinski definition) is 3. The minimum absolute atomic E-state index is 0.0107. The molecular formula is C15H21NO4. The monoisotopic (exact) mass is 279 g/mol. The van der Waals surface area contributed by atoms with Crippen molar-refractivity contribution in [2.24, 2.45) is 0 Å². The largest absolute Gasteiger partial charge is 0.478 e. The van der Waals surface area contributed by atoms with E-state index in [1.807, 2.05) is 18.7 Å². The molecule has 1 rings (SSSR count). The van der Waals surface area contributed by atoms with Crippen LogP contribution in [0.2, 0.25) is 0 Å². The fourth-order valence-corrected chi connectivity index (χ4v) is 2.36. The minimum Gasteiger partial charge on any atom is -0.478 e. The van der Waals surface area contributed by atoms with Crippen LogP contribution >= 0.6 is 0 Å². The van der Waals surface area contributed by atoms with Crippen LogP contribution in [0.15, 0.2) is 12.1 Å². The molecule has 1 aromatic rings. The summed E-state index contributed by atoms with van der Waals surface area (Å²) in [5.41, 5.74) is 1.39. The fourth-order valence-electron chi connectivity index (χ4n) is 2.36. The smallest absolute Gasteiger partial charge is 0.337 e. The molecule has 2 N–H and O–H groups in total. The Morgan fingerprint density at radius 3 is 2.00 bits per heavy atom. The van der Waals surface area contributed by atoms with E-state index in [4.69, 9.17) is 5.11 Å². The van der Waals surface area contributed by atoms with Crippen molar-refractivity contribution in [2.75, 3.05) is 18.0 Å². The Labute approximate surface area is 118 Å². The molecule has 0 atom stereocenters. The van der Waals surface area contributed by atoms with Gasteiger partial charge in [0, 0.05) is 13.1 Å². The molecule has 0 unspecified atom stereocenters. The van der Waals surface area contributed by atoms with Gasteiger partial charge in [-0.05, 0) is 37.5 Å². The maximum Gasteiger partial charge on any atom is 0.337 e. The van der Waals surface area contributed by atoms with Gasteiger partial charge in [0.25, 0.3) is 0 Å². The van der Waals surface area contributed by atoms with Crippen LogP contribution in [-0.2, 0) is 0 Å². The van der Waals surface area contributed by atoms with Crippen molar-refractivity contribution < 1.29 is 19.8 Å². The number of benzene rings is 1. The third kappa shape index (κ3) is 3.50. The van der Waals surface area contributed by atoms with Gasteiger partial charge in [-0.2, -0.15) is 0 Å². The highest BCUT2D eigenvalue weighted by molar-refractivity contribution is 5.99. The van der Waals surface area contributed by atoms with Gasteiger partial charge < -0.3 is 15.1 Å². The van der Waals surface area contributed by atoms with Crippen LogP contribution in [-0.4, -0.2) is 35.2 Å². The molecule has 0 spiro atoms. The van der Waals surface area contributed by atoms with Gasteiger partial charge in [-0.15, -0.1) is 0 Å². The van der Waals surface area contributed by atoms with Crippen molar-refractivity contribution in [3.63, 3.8) is 0 Å². The second-order valence-electron chi connectivity index (χ2n) is 4.79. The normalized spacial score (nSPS) is 10.3. The molecule has 0 bridgehead atoms. The maximum atomic E-state index is 11.4. The standard InChI is InChI=1S/C15H21NO4/c1-4-6-16(7-5-2)13-10(3)8-11(14(17)18)9-12(13)15(19)20/h8-9H,4-7H2,1-3H3,(H,17,18)(H,19,20). The van der Waals surface area contributed by atoms with Crippen molar-refractivity contribution in [1.29, 1.82) is 0 Å². The highest BCUT2D eigenvalue weighted by atomic mass is 16.4. The molecule has 0 heterocycles. The van der Waals surface area contributed by atoms with Crippen molar-refractivity contribution in [3.05, 3.63) is 28.8 Å². The van der Waals surface area contributed by atoms with Crippen LogP contribution < -0.4 is 4.90 Å². The van der Waals surface area contributed by atoms with E-state index >= 15 is 0 Å². The van der Waals surface area contributed by atoms with Gasteiger partial charge in [-0.1, -0.05) is 13.8 Å². The Kier molecular flexibility index (Phi) is 5.55. The second-order valence-corrected chi connectivity index (χ2v) is 4.79. The average Bonchev–Trinajstić information content (AvgIpc) is 2.37. The molecule has 5 heteroatoms. The summed E-state index contributed by atoms with van der Waals surface area (Å²) in [4.78, 5) is 24.5. The van der Waals surface area contributed by atoms with E-state index in [2.05, 4.69) is 0 Å². The summed E-state index contributed by atoms with van der Waals surface area (Å²) in [6.45, 7) is 7.32. The van der Waals surface area contributed by atoms with Crippen LogP contribution in [0.3, 0.4) is 0 Å². The molecule has 0 aliphatic carbocycles. The zero-order valence-corrected chi connectivity index (χ0v) is 12.1. The van der Waals surface area contributed by atoms with Crippen LogP contribution in [0.5, 0.6) is 0 Å². The van der Waals surface area contributed by atoms with Crippen molar-refractivity contribution >= 4 is 17.6 Å². The molecule has 0 radical (unpaired) electrons. The van der Waals surface area contributed by atoms with Gasteiger partial charge in [0.15, 0.2) is 0 Å². The number of hydrogen-bond donors (Lipinski definition) is 2. The van der Waals surface area contributed by atoms with E-state index < -0.39 is 11.9 Å². The highest BCUT2D eigenvalue weighted by Gasteiger charge is 2.20. The molecule has 1 aromatic carbocycles. The zero-order chi connectivity index (χ0) is 15.3. The molecule has 5 nitrogen and oxygen atoms in total. The van der Waals surface area contributed by atoms with Crippen molar-refractivity contribution in [1.82, 2.24) is 0 Å². The Morgan fingerprint density at radius 1 is 1.05 bits per heavy atom. The molecule has 20 heavy (non-hydrogen) atoms. The molecule has 0 saturated carbocycles. The van der Waals surface area contributed by atoms with E-state index in [1.165, 1.54) is 12.1 Å². The third-order valence-corrected chi connectivity index (χ3v) is 3.08. The first kappa shape index (κ1) is 16.0. The van der Waals surface area contributed by atoms with Gasteiger partial charge in [0.2, 0.25) is 0 Å². The number of carbonyl (C=O) groups is 2. The van der Waals surface area contributed by atoms with Gasteiger partial charge in [-0.25, -0.2) is 9.59 Å². The molecular weight excluding hydrogens is 258 g/mol. The first-order chi connectivity index (χ1) is 9.42. The Hall–Kier alpha value is -2.04. The lowest BCUT2D eigenvalue weighted by Crippen LogP contribution is -2.28. The van der Waals surface area contributed by atoms with E-state index in [1.54, 1.807) is 6.92 Å². The molecule has 0 fully saturated rings. The van der Waals surface area contributed by atoms with Gasteiger partial charge in [0.1, 0.15) is 0 Å². The van der Waals surface area contributed by atoms with E-state index in [-0.39, 0.29) is 11.1 Å². The quantitative estimate of drug-likeness (QED) is 0.802. The van der Waals surface area contributed by atoms with Crippen LogP contribution in [0, 0.1) is 6.92 Å². The second kappa shape index (κ2) is 6.93. The Bertz CT molecular complexity index is 505.